The second-order valence-electron chi connectivity index (χ2n) is 6.13. The minimum atomic E-state index is -4.39. The van der Waals surface area contributed by atoms with Gasteiger partial charge in [0.25, 0.3) is 0 Å². The van der Waals surface area contributed by atoms with E-state index < -0.39 is 17.8 Å². The molecule has 1 aliphatic heterocycles. The third-order valence-corrected chi connectivity index (χ3v) is 4.11. The highest BCUT2D eigenvalue weighted by Gasteiger charge is 2.36. The lowest BCUT2D eigenvalue weighted by molar-refractivity contribution is -0.137. The van der Waals surface area contributed by atoms with Gasteiger partial charge in [-0.15, -0.1) is 0 Å². The summed E-state index contributed by atoms with van der Waals surface area (Å²) in [6.07, 6.45) is -4.68. The van der Waals surface area contributed by atoms with E-state index in [9.17, 15) is 18.3 Å². The molecule has 7 heteroatoms. The minimum Gasteiger partial charge on any atom is -0.391 e. The first-order chi connectivity index (χ1) is 11.2. The molecule has 0 unspecified atom stereocenters. The molecule has 0 amide bonds. The Morgan fingerprint density at radius 2 is 1.79 bits per heavy atom. The van der Waals surface area contributed by atoms with Crippen LogP contribution in [0, 0.1) is 13.8 Å². The van der Waals surface area contributed by atoms with Crippen molar-refractivity contribution in [3.05, 3.63) is 52.8 Å². The quantitative estimate of drug-likeness (QED) is 0.912. The van der Waals surface area contributed by atoms with Crippen LogP contribution >= 0.6 is 0 Å². The van der Waals surface area contributed by atoms with Crippen LogP contribution in [0.2, 0.25) is 0 Å². The molecule has 1 aromatic carbocycles. The van der Waals surface area contributed by atoms with Crippen molar-refractivity contribution < 1.29 is 18.3 Å². The zero-order valence-corrected chi connectivity index (χ0v) is 13.4. The first-order valence-corrected chi connectivity index (χ1v) is 7.68. The number of nitrogens with zero attached hydrogens (tertiary/aromatic N) is 3. The molecule has 0 bridgehead atoms. The van der Waals surface area contributed by atoms with Gasteiger partial charge in [-0.2, -0.15) is 13.2 Å². The molecule has 0 radical (unpaired) electrons. The summed E-state index contributed by atoms with van der Waals surface area (Å²) in [5.41, 5.74) is 1.37. The van der Waals surface area contributed by atoms with Gasteiger partial charge in [-0.05, 0) is 44.0 Å². The lowest BCUT2D eigenvalue weighted by Gasteiger charge is -2.25. The topological polar surface area (TPSA) is 49.2 Å². The first kappa shape index (κ1) is 16.7. The van der Waals surface area contributed by atoms with Gasteiger partial charge in [-0.1, -0.05) is 12.1 Å². The van der Waals surface area contributed by atoms with Gasteiger partial charge >= 0.3 is 6.18 Å². The van der Waals surface area contributed by atoms with Crippen molar-refractivity contribution in [1.29, 1.82) is 0 Å². The van der Waals surface area contributed by atoms with Gasteiger partial charge in [0.2, 0.25) is 5.95 Å². The van der Waals surface area contributed by atoms with Crippen LogP contribution < -0.4 is 4.90 Å². The Morgan fingerprint density at radius 1 is 1.12 bits per heavy atom. The van der Waals surface area contributed by atoms with Gasteiger partial charge in [-0.25, -0.2) is 9.97 Å². The lowest BCUT2D eigenvalue weighted by atomic mass is 10.0. The number of aryl methyl sites for hydroxylation is 2. The fourth-order valence-corrected chi connectivity index (χ4v) is 3.11. The van der Waals surface area contributed by atoms with Crippen molar-refractivity contribution in [3.63, 3.8) is 0 Å². The highest BCUT2D eigenvalue weighted by Crippen LogP contribution is 2.37. The van der Waals surface area contributed by atoms with E-state index in [0.717, 1.165) is 23.5 Å². The zero-order chi connectivity index (χ0) is 17.5. The Bertz CT molecular complexity index is 728. The van der Waals surface area contributed by atoms with Crippen LogP contribution in [-0.4, -0.2) is 27.7 Å². The maximum atomic E-state index is 13.0. The van der Waals surface area contributed by atoms with Crippen LogP contribution in [0.4, 0.5) is 19.1 Å². The Labute approximate surface area is 138 Å². The highest BCUT2D eigenvalue weighted by atomic mass is 19.4. The predicted octanol–water partition coefficient (Wildman–Crippen LogP) is 3.42. The van der Waals surface area contributed by atoms with E-state index in [1.807, 2.05) is 19.9 Å². The molecule has 1 fully saturated rings. The number of rotatable bonds is 2. The standard InChI is InChI=1S/C17H18F3N3O/c1-10-6-11(2)22-16(21-10)23-9-14(24)8-15(23)12-4-3-5-13(7-12)17(18,19)20/h3-7,14-15,24H,8-9H2,1-2H3/t14-,15-/m0/s1. The van der Waals surface area contributed by atoms with Crippen molar-refractivity contribution in [3.8, 4) is 0 Å². The van der Waals surface area contributed by atoms with Crippen molar-refractivity contribution >= 4 is 5.95 Å². The van der Waals surface area contributed by atoms with Crippen molar-refractivity contribution in [2.75, 3.05) is 11.4 Å². The lowest BCUT2D eigenvalue weighted by Crippen LogP contribution is -2.27. The maximum Gasteiger partial charge on any atom is 0.416 e. The number of hydrogen-bond acceptors (Lipinski definition) is 4. The average molecular weight is 337 g/mol. The molecule has 2 heterocycles. The minimum absolute atomic E-state index is 0.295. The summed E-state index contributed by atoms with van der Waals surface area (Å²) in [7, 11) is 0. The molecule has 1 N–H and O–H groups in total. The van der Waals surface area contributed by atoms with Crippen LogP contribution in [-0.2, 0) is 6.18 Å². The normalized spacial score (nSPS) is 21.3. The van der Waals surface area contributed by atoms with Crippen molar-refractivity contribution in [2.24, 2.45) is 0 Å². The van der Waals surface area contributed by atoms with Crippen LogP contribution in [0.5, 0.6) is 0 Å². The molecule has 1 saturated heterocycles. The maximum absolute atomic E-state index is 13.0. The fraction of sp³-hybridized carbons (Fsp3) is 0.412. The molecule has 4 nitrogen and oxygen atoms in total. The monoisotopic (exact) mass is 337 g/mol. The number of aromatic nitrogens is 2. The Balaban J connectivity index is 1.99. The van der Waals surface area contributed by atoms with Crippen molar-refractivity contribution in [2.45, 2.75) is 38.6 Å². The van der Waals surface area contributed by atoms with E-state index in [1.54, 1.807) is 11.0 Å². The van der Waals surface area contributed by atoms with Gasteiger partial charge in [0.1, 0.15) is 0 Å². The number of alkyl halides is 3. The number of hydrogen-bond donors (Lipinski definition) is 1. The van der Waals surface area contributed by atoms with Gasteiger partial charge in [0.15, 0.2) is 0 Å². The third-order valence-electron chi connectivity index (χ3n) is 4.11. The van der Waals surface area contributed by atoms with E-state index in [-0.39, 0.29) is 6.04 Å². The second kappa shape index (κ2) is 6.05. The largest absolute Gasteiger partial charge is 0.416 e. The SMILES string of the molecule is Cc1cc(C)nc(N2C[C@@H](O)C[C@H]2c2cccc(C(F)(F)F)c2)n1. The van der Waals surface area contributed by atoms with Crippen LogP contribution in [0.15, 0.2) is 30.3 Å². The molecule has 2 atom stereocenters. The molecule has 1 aliphatic rings. The van der Waals surface area contributed by atoms with E-state index in [2.05, 4.69) is 9.97 Å². The molecule has 3 rings (SSSR count). The summed E-state index contributed by atoms with van der Waals surface area (Å²) in [6, 6.07) is 6.67. The average Bonchev–Trinajstić information content (AvgIpc) is 2.88. The second-order valence-corrected chi connectivity index (χ2v) is 6.13. The molecule has 1 aromatic heterocycles. The Hall–Kier alpha value is -2.15. The third kappa shape index (κ3) is 3.36. The van der Waals surface area contributed by atoms with E-state index >= 15 is 0 Å². The molecule has 0 saturated carbocycles. The molecule has 0 spiro atoms. The van der Waals surface area contributed by atoms with E-state index in [1.165, 1.54) is 6.07 Å². The summed E-state index contributed by atoms with van der Waals surface area (Å²) in [5.74, 6) is 0.437. The fourth-order valence-electron chi connectivity index (χ4n) is 3.11. The van der Waals surface area contributed by atoms with E-state index in [0.29, 0.717) is 24.5 Å². The summed E-state index contributed by atoms with van der Waals surface area (Å²) < 4.78 is 38.9. The molecule has 0 aliphatic carbocycles. The number of aliphatic hydroxyl groups is 1. The number of aliphatic hydroxyl groups excluding tert-OH is 1. The molecule has 128 valence electrons. The molecular formula is C17H18F3N3O. The van der Waals surface area contributed by atoms with Gasteiger partial charge in [-0.3, -0.25) is 0 Å². The van der Waals surface area contributed by atoms with Crippen LogP contribution in [0.1, 0.15) is 35.0 Å². The summed E-state index contributed by atoms with van der Waals surface area (Å²) in [4.78, 5) is 10.5. The molecule has 24 heavy (non-hydrogen) atoms. The Morgan fingerprint density at radius 3 is 2.42 bits per heavy atom. The number of benzene rings is 1. The van der Waals surface area contributed by atoms with Gasteiger partial charge in [0.05, 0.1) is 17.7 Å². The van der Waals surface area contributed by atoms with E-state index in [4.69, 9.17) is 0 Å². The highest BCUT2D eigenvalue weighted by molar-refractivity contribution is 5.41. The molecular weight excluding hydrogens is 319 g/mol. The zero-order valence-electron chi connectivity index (χ0n) is 13.4. The van der Waals surface area contributed by atoms with Crippen LogP contribution in [0.25, 0.3) is 0 Å². The first-order valence-electron chi connectivity index (χ1n) is 7.68. The van der Waals surface area contributed by atoms with Gasteiger partial charge in [0, 0.05) is 17.9 Å². The van der Waals surface area contributed by atoms with Crippen molar-refractivity contribution in [1.82, 2.24) is 9.97 Å². The van der Waals surface area contributed by atoms with Crippen LogP contribution in [0.3, 0.4) is 0 Å². The van der Waals surface area contributed by atoms with Gasteiger partial charge < -0.3 is 10.0 Å². The summed E-state index contributed by atoms with van der Waals surface area (Å²) in [5, 5.41) is 10.0. The number of halogens is 3. The number of anilines is 1. The Kier molecular flexibility index (Phi) is 4.21. The summed E-state index contributed by atoms with van der Waals surface area (Å²) >= 11 is 0. The molecule has 2 aromatic rings. The predicted molar refractivity (Wildman–Crippen MR) is 83.7 cm³/mol. The summed E-state index contributed by atoms with van der Waals surface area (Å²) in [6.45, 7) is 3.97. The smallest absolute Gasteiger partial charge is 0.391 e. The number of β-amino-alcohol motifs (C(OH)–C–C–N with tert-alkyl or cyclic N) is 1.